The van der Waals surface area contributed by atoms with Crippen molar-refractivity contribution in [1.29, 1.82) is 0 Å². The first kappa shape index (κ1) is 19.9. The Labute approximate surface area is 173 Å². The maximum atomic E-state index is 12.2. The summed E-state index contributed by atoms with van der Waals surface area (Å²) in [7, 11) is 0. The van der Waals surface area contributed by atoms with E-state index in [0.717, 1.165) is 16.7 Å². The first-order valence-corrected chi connectivity index (χ1v) is 9.34. The summed E-state index contributed by atoms with van der Waals surface area (Å²) in [6.07, 6.45) is 2.01. The number of amides is 1. The topological polar surface area (TPSA) is 61.7 Å². The summed E-state index contributed by atoms with van der Waals surface area (Å²) in [6, 6.07) is 18.0. The highest BCUT2D eigenvalue weighted by Crippen LogP contribution is 2.22. The van der Waals surface area contributed by atoms with Gasteiger partial charge in [0.05, 0.1) is 16.8 Å². The van der Waals surface area contributed by atoms with E-state index in [9.17, 15) is 9.90 Å². The number of phenolic OH excluding ortho intramolecular Hbond substituents is 1. The second kappa shape index (κ2) is 8.91. The fourth-order valence-corrected chi connectivity index (χ4v) is 3.23. The fraction of sp³-hybridized carbons (Fsp3) is 0.0909. The average Bonchev–Trinajstić information content (AvgIpc) is 2.66. The molecule has 4 nitrogen and oxygen atoms in total. The number of nitrogens with one attached hydrogen (secondary N) is 1. The maximum absolute atomic E-state index is 12.2. The Morgan fingerprint density at radius 1 is 1.07 bits per heavy atom. The van der Waals surface area contributed by atoms with Crippen molar-refractivity contribution in [2.75, 3.05) is 0 Å². The number of aryl methyl sites for hydroxylation is 1. The Hall–Kier alpha value is -2.82. The monoisotopic (exact) mass is 412 g/mol. The van der Waals surface area contributed by atoms with E-state index in [1.54, 1.807) is 30.3 Å². The first-order chi connectivity index (χ1) is 13.4. The van der Waals surface area contributed by atoms with Crippen LogP contribution < -0.4 is 5.43 Å². The van der Waals surface area contributed by atoms with E-state index in [2.05, 4.69) is 10.5 Å². The van der Waals surface area contributed by atoms with Crippen LogP contribution in [-0.4, -0.2) is 17.2 Å². The van der Waals surface area contributed by atoms with E-state index in [4.69, 9.17) is 23.2 Å². The number of carbonyl (C=O) groups excluding carboxylic acids is 1. The number of aromatic hydroxyl groups is 1. The van der Waals surface area contributed by atoms with Crippen molar-refractivity contribution in [2.24, 2.45) is 5.10 Å². The lowest BCUT2D eigenvalue weighted by Gasteiger charge is -2.07. The van der Waals surface area contributed by atoms with Crippen LogP contribution in [0.15, 0.2) is 65.8 Å². The van der Waals surface area contributed by atoms with Gasteiger partial charge in [-0.25, -0.2) is 5.43 Å². The highest BCUT2D eigenvalue weighted by molar-refractivity contribution is 6.34. The van der Waals surface area contributed by atoms with Gasteiger partial charge in [-0.1, -0.05) is 53.5 Å². The second-order valence-corrected chi connectivity index (χ2v) is 7.16. The van der Waals surface area contributed by atoms with Gasteiger partial charge in [0, 0.05) is 10.6 Å². The molecule has 142 valence electrons. The zero-order chi connectivity index (χ0) is 20.1. The van der Waals surface area contributed by atoms with Crippen LogP contribution in [-0.2, 0) is 6.42 Å². The molecule has 0 unspecified atom stereocenters. The van der Waals surface area contributed by atoms with Crippen molar-refractivity contribution >= 4 is 35.3 Å². The molecule has 6 heteroatoms. The molecule has 3 aromatic rings. The molecule has 0 saturated carbocycles. The smallest absolute Gasteiger partial charge is 0.272 e. The van der Waals surface area contributed by atoms with Crippen LogP contribution in [0.3, 0.4) is 0 Å². The summed E-state index contributed by atoms with van der Waals surface area (Å²) < 4.78 is 0. The molecule has 0 aliphatic heterocycles. The van der Waals surface area contributed by atoms with Crippen LogP contribution in [0, 0.1) is 6.92 Å². The zero-order valence-corrected chi connectivity index (χ0v) is 16.6. The number of benzene rings is 3. The molecule has 1 amide bonds. The van der Waals surface area contributed by atoms with Crippen molar-refractivity contribution in [3.05, 3.63) is 98.5 Å². The molecule has 0 radical (unpaired) electrons. The number of carbonyl (C=O) groups is 1. The number of phenols is 1. The van der Waals surface area contributed by atoms with Gasteiger partial charge < -0.3 is 5.11 Å². The summed E-state index contributed by atoms with van der Waals surface area (Å²) in [6.45, 7) is 1.89. The molecule has 0 aliphatic rings. The molecule has 0 aliphatic carbocycles. The average molecular weight is 413 g/mol. The molecule has 0 aromatic heterocycles. The van der Waals surface area contributed by atoms with Gasteiger partial charge in [-0.15, -0.1) is 0 Å². The minimum atomic E-state index is -0.423. The molecular formula is C22H18Cl2N2O2. The number of nitrogens with zero attached hydrogens (tertiary/aromatic N) is 1. The Morgan fingerprint density at radius 3 is 2.61 bits per heavy atom. The molecule has 0 fully saturated rings. The van der Waals surface area contributed by atoms with E-state index in [1.807, 2.05) is 37.3 Å². The number of halogens is 2. The Balaban J connectivity index is 1.73. The minimum absolute atomic E-state index is 0.0641. The number of hydrazone groups is 1. The Kier molecular flexibility index (Phi) is 6.34. The van der Waals surface area contributed by atoms with Crippen LogP contribution >= 0.6 is 23.2 Å². The van der Waals surface area contributed by atoms with E-state index in [-0.39, 0.29) is 5.75 Å². The van der Waals surface area contributed by atoms with Gasteiger partial charge in [0.1, 0.15) is 5.75 Å². The summed E-state index contributed by atoms with van der Waals surface area (Å²) in [5.74, 6) is -0.359. The lowest BCUT2D eigenvalue weighted by atomic mass is 10.0. The summed E-state index contributed by atoms with van der Waals surface area (Å²) in [5.41, 5.74) is 6.16. The standard InChI is InChI=1S/C22H18Cl2N2O2/c1-14-6-8-18(20(24)10-14)22(28)26-25-13-17-12-15(7-9-21(17)27)11-16-4-2-3-5-19(16)23/h2-10,12-13,27H,11H2,1H3,(H,26,28)/b25-13-. The zero-order valence-electron chi connectivity index (χ0n) is 15.1. The predicted molar refractivity (Wildman–Crippen MR) is 114 cm³/mol. The van der Waals surface area contributed by atoms with Gasteiger partial charge in [-0.3, -0.25) is 4.79 Å². The molecule has 0 heterocycles. The molecule has 0 bridgehead atoms. The number of hydrogen-bond acceptors (Lipinski definition) is 3. The quantitative estimate of drug-likeness (QED) is 0.437. The third-order valence-electron chi connectivity index (χ3n) is 4.18. The summed E-state index contributed by atoms with van der Waals surface area (Å²) in [4.78, 5) is 12.2. The van der Waals surface area contributed by atoms with Crippen molar-refractivity contribution in [2.45, 2.75) is 13.3 Å². The van der Waals surface area contributed by atoms with Crippen LogP contribution in [0.1, 0.15) is 32.6 Å². The lowest BCUT2D eigenvalue weighted by molar-refractivity contribution is 0.0955. The third kappa shape index (κ3) is 4.91. The minimum Gasteiger partial charge on any atom is -0.507 e. The summed E-state index contributed by atoms with van der Waals surface area (Å²) in [5, 5.41) is 15.0. The van der Waals surface area contributed by atoms with Crippen LogP contribution in [0.4, 0.5) is 0 Å². The van der Waals surface area contributed by atoms with Gasteiger partial charge >= 0.3 is 0 Å². The van der Waals surface area contributed by atoms with Crippen molar-refractivity contribution in [3.63, 3.8) is 0 Å². The van der Waals surface area contributed by atoms with Crippen LogP contribution in [0.5, 0.6) is 5.75 Å². The van der Waals surface area contributed by atoms with Crippen molar-refractivity contribution < 1.29 is 9.90 Å². The fourth-order valence-electron chi connectivity index (χ4n) is 2.70. The third-order valence-corrected chi connectivity index (χ3v) is 4.86. The Bertz CT molecular complexity index is 1050. The first-order valence-electron chi connectivity index (χ1n) is 8.59. The second-order valence-electron chi connectivity index (χ2n) is 6.34. The van der Waals surface area contributed by atoms with E-state index in [0.29, 0.717) is 27.6 Å². The molecule has 3 rings (SSSR count). The van der Waals surface area contributed by atoms with E-state index in [1.165, 1.54) is 6.21 Å². The van der Waals surface area contributed by atoms with Crippen LogP contribution in [0.25, 0.3) is 0 Å². The Morgan fingerprint density at radius 2 is 1.86 bits per heavy atom. The molecule has 28 heavy (non-hydrogen) atoms. The molecular weight excluding hydrogens is 395 g/mol. The highest BCUT2D eigenvalue weighted by Gasteiger charge is 2.09. The van der Waals surface area contributed by atoms with E-state index >= 15 is 0 Å². The lowest BCUT2D eigenvalue weighted by Crippen LogP contribution is -2.18. The maximum Gasteiger partial charge on any atom is 0.272 e. The molecule has 3 aromatic carbocycles. The number of hydrogen-bond donors (Lipinski definition) is 2. The van der Waals surface area contributed by atoms with Gasteiger partial charge in [0.2, 0.25) is 0 Å². The van der Waals surface area contributed by atoms with Gasteiger partial charge in [-0.2, -0.15) is 5.10 Å². The highest BCUT2D eigenvalue weighted by atomic mass is 35.5. The summed E-state index contributed by atoms with van der Waals surface area (Å²) >= 11 is 12.3. The molecule has 0 spiro atoms. The number of rotatable bonds is 5. The molecule has 2 N–H and O–H groups in total. The largest absolute Gasteiger partial charge is 0.507 e. The van der Waals surface area contributed by atoms with Crippen LogP contribution in [0.2, 0.25) is 10.0 Å². The van der Waals surface area contributed by atoms with Gasteiger partial charge in [-0.05, 0) is 60.4 Å². The van der Waals surface area contributed by atoms with Crippen molar-refractivity contribution in [1.82, 2.24) is 5.43 Å². The molecule has 0 saturated heterocycles. The van der Waals surface area contributed by atoms with E-state index < -0.39 is 5.91 Å². The van der Waals surface area contributed by atoms with Crippen molar-refractivity contribution in [3.8, 4) is 5.75 Å². The normalized spacial score (nSPS) is 11.0. The van der Waals surface area contributed by atoms with Gasteiger partial charge in [0.15, 0.2) is 0 Å². The molecule has 0 atom stereocenters. The predicted octanol–water partition coefficient (Wildman–Crippen LogP) is 5.36. The van der Waals surface area contributed by atoms with Gasteiger partial charge in [0.25, 0.3) is 5.91 Å². The SMILES string of the molecule is Cc1ccc(C(=O)N/N=C\c2cc(Cc3ccccc3Cl)ccc2O)c(Cl)c1.